The largest absolute Gasteiger partial charge is 0.478 e. The summed E-state index contributed by atoms with van der Waals surface area (Å²) in [7, 11) is 1.57. The van der Waals surface area contributed by atoms with Crippen LogP contribution in [0.2, 0.25) is 0 Å². The highest BCUT2D eigenvalue weighted by Gasteiger charge is 2.32. The van der Waals surface area contributed by atoms with Crippen molar-refractivity contribution < 1.29 is 14.3 Å². The van der Waals surface area contributed by atoms with Gasteiger partial charge >= 0.3 is 0 Å². The number of ether oxygens (including phenoxy) is 2. The number of unbranched alkanes of at least 4 members (excludes halogenated alkanes) is 2. The normalized spacial score (nSPS) is 13.4. The van der Waals surface area contributed by atoms with Gasteiger partial charge in [0, 0.05) is 13.2 Å². The lowest BCUT2D eigenvalue weighted by Crippen LogP contribution is -2.42. The van der Waals surface area contributed by atoms with E-state index in [-0.39, 0.29) is 5.91 Å². The van der Waals surface area contributed by atoms with Crippen molar-refractivity contribution in [3.63, 3.8) is 0 Å². The molecule has 1 atom stereocenters. The number of nitrogens with zero attached hydrogens (tertiary/aromatic N) is 1. The maximum Gasteiger partial charge on any atom is 0.256 e. The van der Waals surface area contributed by atoms with Crippen molar-refractivity contribution in [2.24, 2.45) is 0 Å². The van der Waals surface area contributed by atoms with Crippen LogP contribution in [0.25, 0.3) is 0 Å². The number of pyridine rings is 1. The quantitative estimate of drug-likeness (QED) is 0.659. The van der Waals surface area contributed by atoms with Crippen LogP contribution >= 0.6 is 0 Å². The third kappa shape index (κ3) is 5.82. The maximum atomic E-state index is 12.5. The summed E-state index contributed by atoms with van der Waals surface area (Å²) in [5.41, 5.74) is 0.609. The maximum absolute atomic E-state index is 12.5. The molecule has 0 aromatic carbocycles. The highest BCUT2D eigenvalue weighted by atomic mass is 16.5. The topological polar surface area (TPSA) is 60.5 Å². The van der Waals surface area contributed by atoms with Gasteiger partial charge in [0.1, 0.15) is 5.60 Å². The van der Waals surface area contributed by atoms with Crippen LogP contribution in [-0.2, 0) is 9.53 Å². The molecule has 1 heterocycles. The standard InChI is InChI=1S/C18H30N2O3/c1-6-8-12-18(4,22-5)17(21)20-15-10-11-16(19-14(15)3)23-13-9-7-2/h10-11H,6-9,12-13H2,1-5H3,(H,20,21). The average molecular weight is 322 g/mol. The van der Waals surface area contributed by atoms with Gasteiger partial charge in [0.25, 0.3) is 5.91 Å². The Bertz CT molecular complexity index is 505. The second kappa shape index (κ2) is 9.50. The monoisotopic (exact) mass is 322 g/mol. The van der Waals surface area contributed by atoms with E-state index in [0.29, 0.717) is 24.6 Å². The predicted molar refractivity (Wildman–Crippen MR) is 92.9 cm³/mol. The summed E-state index contributed by atoms with van der Waals surface area (Å²) in [5.74, 6) is 0.451. The molecule has 0 saturated heterocycles. The zero-order valence-corrected chi connectivity index (χ0v) is 15.1. The summed E-state index contributed by atoms with van der Waals surface area (Å²) in [6, 6.07) is 3.62. The van der Waals surface area contributed by atoms with Crippen molar-refractivity contribution in [3.05, 3.63) is 17.8 Å². The number of hydrogen-bond acceptors (Lipinski definition) is 4. The Kier molecular flexibility index (Phi) is 8.03. The molecule has 1 unspecified atom stereocenters. The van der Waals surface area contributed by atoms with E-state index in [9.17, 15) is 4.79 Å². The molecule has 5 nitrogen and oxygen atoms in total. The number of anilines is 1. The first-order chi connectivity index (χ1) is 11.0. The number of aryl methyl sites for hydroxylation is 1. The number of rotatable bonds is 10. The van der Waals surface area contributed by atoms with Crippen LogP contribution in [0, 0.1) is 6.92 Å². The summed E-state index contributed by atoms with van der Waals surface area (Å²) in [6.45, 7) is 8.56. The van der Waals surface area contributed by atoms with Crippen LogP contribution in [0.3, 0.4) is 0 Å². The first-order valence-electron chi connectivity index (χ1n) is 8.43. The molecule has 0 spiro atoms. The van der Waals surface area contributed by atoms with E-state index in [1.807, 2.05) is 19.9 Å². The molecule has 1 N–H and O–H groups in total. The molecule has 0 saturated carbocycles. The SMILES string of the molecule is CCCCOc1ccc(NC(=O)C(C)(CCCC)OC)c(C)n1. The van der Waals surface area contributed by atoms with Crippen molar-refractivity contribution in [2.75, 3.05) is 19.0 Å². The Morgan fingerprint density at radius 3 is 2.52 bits per heavy atom. The summed E-state index contributed by atoms with van der Waals surface area (Å²) < 4.78 is 11.0. The molecule has 0 aliphatic rings. The molecule has 1 aromatic rings. The van der Waals surface area contributed by atoms with Gasteiger partial charge in [-0.25, -0.2) is 4.98 Å². The first kappa shape index (κ1) is 19.4. The van der Waals surface area contributed by atoms with Gasteiger partial charge in [-0.15, -0.1) is 0 Å². The van der Waals surface area contributed by atoms with E-state index < -0.39 is 5.60 Å². The summed E-state index contributed by atoms with van der Waals surface area (Å²) in [4.78, 5) is 16.9. The smallest absolute Gasteiger partial charge is 0.256 e. The minimum absolute atomic E-state index is 0.141. The van der Waals surface area contributed by atoms with Crippen molar-refractivity contribution in [1.82, 2.24) is 4.98 Å². The molecule has 0 aliphatic heterocycles. The van der Waals surface area contributed by atoms with Gasteiger partial charge < -0.3 is 14.8 Å². The van der Waals surface area contributed by atoms with E-state index in [4.69, 9.17) is 9.47 Å². The highest BCUT2D eigenvalue weighted by molar-refractivity contribution is 5.97. The minimum Gasteiger partial charge on any atom is -0.478 e. The number of amides is 1. The van der Waals surface area contributed by atoms with Crippen molar-refractivity contribution >= 4 is 11.6 Å². The Morgan fingerprint density at radius 2 is 1.96 bits per heavy atom. The molecule has 23 heavy (non-hydrogen) atoms. The molecular weight excluding hydrogens is 292 g/mol. The fourth-order valence-electron chi connectivity index (χ4n) is 2.15. The van der Waals surface area contributed by atoms with Gasteiger partial charge in [-0.3, -0.25) is 4.79 Å². The molecule has 0 bridgehead atoms. The van der Waals surface area contributed by atoms with Crippen LogP contribution < -0.4 is 10.1 Å². The molecule has 130 valence electrons. The lowest BCUT2D eigenvalue weighted by atomic mass is 9.97. The second-order valence-corrected chi connectivity index (χ2v) is 5.98. The summed E-state index contributed by atoms with van der Waals surface area (Å²) in [6.07, 6.45) is 4.75. The van der Waals surface area contributed by atoms with Gasteiger partial charge in [0.15, 0.2) is 0 Å². The van der Waals surface area contributed by atoms with Gasteiger partial charge in [-0.2, -0.15) is 0 Å². The fraction of sp³-hybridized carbons (Fsp3) is 0.667. The van der Waals surface area contributed by atoms with E-state index in [1.165, 1.54) is 0 Å². The van der Waals surface area contributed by atoms with E-state index in [2.05, 4.69) is 24.1 Å². The van der Waals surface area contributed by atoms with Crippen molar-refractivity contribution in [3.8, 4) is 5.88 Å². The molecule has 1 amide bonds. The first-order valence-corrected chi connectivity index (χ1v) is 8.43. The zero-order chi connectivity index (χ0) is 17.3. The van der Waals surface area contributed by atoms with Crippen molar-refractivity contribution in [1.29, 1.82) is 0 Å². The lowest BCUT2D eigenvalue weighted by molar-refractivity contribution is -0.136. The molecule has 0 radical (unpaired) electrons. The molecule has 0 aliphatic carbocycles. The highest BCUT2D eigenvalue weighted by Crippen LogP contribution is 2.23. The van der Waals surface area contributed by atoms with Crippen molar-refractivity contribution in [2.45, 2.75) is 65.4 Å². The number of carbonyl (C=O) groups is 1. The zero-order valence-electron chi connectivity index (χ0n) is 15.1. The Morgan fingerprint density at radius 1 is 1.26 bits per heavy atom. The second-order valence-electron chi connectivity index (χ2n) is 5.98. The number of methoxy groups -OCH3 is 1. The lowest BCUT2D eigenvalue weighted by Gasteiger charge is -2.27. The number of aromatic nitrogens is 1. The van der Waals surface area contributed by atoms with Crippen LogP contribution in [0.4, 0.5) is 5.69 Å². The van der Waals surface area contributed by atoms with E-state index in [1.54, 1.807) is 13.2 Å². The predicted octanol–water partition coefficient (Wildman–Crippen LogP) is 4.10. The Balaban J connectivity index is 2.74. The average Bonchev–Trinajstić information content (AvgIpc) is 2.55. The third-order valence-electron chi connectivity index (χ3n) is 3.99. The molecule has 5 heteroatoms. The minimum atomic E-state index is -0.821. The third-order valence-corrected chi connectivity index (χ3v) is 3.99. The number of nitrogens with one attached hydrogen (secondary N) is 1. The van der Waals surface area contributed by atoms with Crippen LogP contribution in [-0.4, -0.2) is 30.2 Å². The van der Waals surface area contributed by atoms with E-state index >= 15 is 0 Å². The summed E-state index contributed by atoms with van der Waals surface area (Å²) in [5, 5.41) is 2.92. The number of hydrogen-bond donors (Lipinski definition) is 1. The van der Waals surface area contributed by atoms with Crippen LogP contribution in [0.1, 0.15) is 58.6 Å². The van der Waals surface area contributed by atoms with Crippen LogP contribution in [0.15, 0.2) is 12.1 Å². The van der Waals surface area contributed by atoms with Gasteiger partial charge in [0.05, 0.1) is 18.0 Å². The molecular formula is C18H30N2O3. The van der Waals surface area contributed by atoms with Gasteiger partial charge in [-0.05, 0) is 32.8 Å². The number of carbonyl (C=O) groups excluding carboxylic acids is 1. The fourth-order valence-corrected chi connectivity index (χ4v) is 2.15. The van der Waals surface area contributed by atoms with Gasteiger partial charge in [0.2, 0.25) is 5.88 Å². The Labute approximate surface area is 139 Å². The summed E-state index contributed by atoms with van der Waals surface area (Å²) >= 11 is 0. The molecule has 1 aromatic heterocycles. The van der Waals surface area contributed by atoms with E-state index in [0.717, 1.165) is 31.4 Å². The van der Waals surface area contributed by atoms with Crippen LogP contribution in [0.5, 0.6) is 5.88 Å². The molecule has 1 rings (SSSR count). The molecule has 0 fully saturated rings. The Hall–Kier alpha value is -1.62. The van der Waals surface area contributed by atoms with Gasteiger partial charge in [-0.1, -0.05) is 33.1 Å².